The lowest BCUT2D eigenvalue weighted by Gasteiger charge is -2.31. The first-order valence-corrected chi connectivity index (χ1v) is 6.87. The Morgan fingerprint density at radius 2 is 2.31 bits per heavy atom. The number of nitrogens with one attached hydrogen (secondary N) is 1. The number of fused-ring (bicyclic) bond motifs is 3. The maximum absolute atomic E-state index is 5.31. The quantitative estimate of drug-likeness (QED) is 0.807. The molecule has 0 bridgehead atoms. The molecule has 0 saturated carbocycles. The first-order valence-electron chi connectivity index (χ1n) is 5.82. The predicted octanol–water partition coefficient (Wildman–Crippen LogP) is 2.39. The average Bonchev–Trinajstić information content (AvgIpc) is 2.66. The molecule has 16 heavy (non-hydrogen) atoms. The summed E-state index contributed by atoms with van der Waals surface area (Å²) in [7, 11) is 1.74. The van der Waals surface area contributed by atoms with Gasteiger partial charge in [-0.15, -0.1) is 0 Å². The van der Waals surface area contributed by atoms with Crippen LogP contribution < -0.4 is 10.1 Å². The van der Waals surface area contributed by atoms with E-state index in [0.29, 0.717) is 12.1 Å². The van der Waals surface area contributed by atoms with Crippen LogP contribution in [0.1, 0.15) is 24.1 Å². The molecule has 0 spiro atoms. The number of hydrogen-bond donors (Lipinski definition) is 1. The Morgan fingerprint density at radius 1 is 1.44 bits per heavy atom. The number of rotatable bonds is 1. The minimum Gasteiger partial charge on any atom is -0.497 e. The Hall–Kier alpha value is -0.670. The maximum Gasteiger partial charge on any atom is 0.119 e. The zero-order valence-corrected chi connectivity index (χ0v) is 10.5. The number of benzene rings is 1. The summed E-state index contributed by atoms with van der Waals surface area (Å²) < 4.78 is 5.31. The number of methoxy groups -OCH3 is 1. The highest BCUT2D eigenvalue weighted by Gasteiger charge is 2.36. The van der Waals surface area contributed by atoms with E-state index in [2.05, 4.69) is 42.2 Å². The number of ether oxygens (including phenoxy) is 1. The first kappa shape index (κ1) is 10.5. The summed E-state index contributed by atoms with van der Waals surface area (Å²) in [5.74, 6) is 2.20. The van der Waals surface area contributed by atoms with Crippen LogP contribution in [0, 0.1) is 0 Å². The lowest BCUT2D eigenvalue weighted by molar-refractivity contribution is 0.412. The highest BCUT2D eigenvalue weighted by Crippen LogP contribution is 2.42. The van der Waals surface area contributed by atoms with Crippen molar-refractivity contribution >= 4 is 11.8 Å². The summed E-state index contributed by atoms with van der Waals surface area (Å²) in [5, 5.41) is 4.43. The van der Waals surface area contributed by atoms with Crippen LogP contribution >= 0.6 is 11.8 Å². The molecule has 3 unspecified atom stereocenters. The molecule has 1 fully saturated rings. The highest BCUT2D eigenvalue weighted by molar-refractivity contribution is 8.00. The van der Waals surface area contributed by atoms with E-state index in [0.717, 1.165) is 11.0 Å². The molecule has 2 nitrogen and oxygen atoms in total. The minimum atomic E-state index is 0.527. The van der Waals surface area contributed by atoms with Crippen molar-refractivity contribution in [2.24, 2.45) is 0 Å². The van der Waals surface area contributed by atoms with E-state index >= 15 is 0 Å². The van der Waals surface area contributed by atoms with E-state index < -0.39 is 0 Å². The summed E-state index contributed by atoms with van der Waals surface area (Å²) in [6.07, 6.45) is 1.20. The molecule has 1 heterocycles. The summed E-state index contributed by atoms with van der Waals surface area (Å²) in [4.78, 5) is 0. The molecule has 1 aliphatic heterocycles. The molecule has 1 aliphatic carbocycles. The zero-order chi connectivity index (χ0) is 11.1. The third kappa shape index (κ3) is 1.62. The van der Waals surface area contributed by atoms with Crippen LogP contribution in [0.25, 0.3) is 0 Å². The first-order chi connectivity index (χ1) is 7.78. The van der Waals surface area contributed by atoms with Crippen molar-refractivity contribution in [2.45, 2.75) is 30.7 Å². The van der Waals surface area contributed by atoms with E-state index in [1.165, 1.54) is 23.3 Å². The van der Waals surface area contributed by atoms with Gasteiger partial charge in [-0.3, -0.25) is 0 Å². The van der Waals surface area contributed by atoms with Gasteiger partial charge in [0.15, 0.2) is 0 Å². The monoisotopic (exact) mass is 235 g/mol. The molecule has 2 aliphatic rings. The Kier molecular flexibility index (Phi) is 2.60. The van der Waals surface area contributed by atoms with Gasteiger partial charge in [0.1, 0.15) is 5.75 Å². The van der Waals surface area contributed by atoms with Crippen molar-refractivity contribution in [3.05, 3.63) is 29.3 Å². The molecule has 1 saturated heterocycles. The smallest absolute Gasteiger partial charge is 0.119 e. The Balaban J connectivity index is 1.95. The summed E-state index contributed by atoms with van der Waals surface area (Å²) in [5.41, 5.74) is 2.94. The SMILES string of the molecule is COc1ccc2c(c1)C1NC(C)CSC1C2. The standard InChI is InChI=1S/C13H17NOS/c1-8-7-16-12-5-9-3-4-10(15-2)6-11(9)13(12)14-8/h3-4,6,8,12-14H,5,7H2,1-2H3. The molecule has 1 aromatic rings. The van der Waals surface area contributed by atoms with Crippen molar-refractivity contribution in [3.63, 3.8) is 0 Å². The molecule has 0 aromatic heterocycles. The van der Waals surface area contributed by atoms with Crippen molar-refractivity contribution in [1.82, 2.24) is 5.32 Å². The van der Waals surface area contributed by atoms with E-state index in [1.807, 2.05) is 0 Å². The molecule has 0 amide bonds. The molecule has 86 valence electrons. The van der Waals surface area contributed by atoms with Crippen LogP contribution in [-0.4, -0.2) is 24.2 Å². The molecule has 1 N–H and O–H groups in total. The fourth-order valence-corrected chi connectivity index (χ4v) is 4.03. The molecule has 0 radical (unpaired) electrons. The van der Waals surface area contributed by atoms with Gasteiger partial charge in [-0.1, -0.05) is 6.07 Å². The summed E-state index contributed by atoms with van der Waals surface area (Å²) in [6.45, 7) is 2.27. The summed E-state index contributed by atoms with van der Waals surface area (Å²) >= 11 is 2.11. The molecule has 1 aromatic carbocycles. The van der Waals surface area contributed by atoms with Crippen molar-refractivity contribution in [2.75, 3.05) is 12.9 Å². The van der Waals surface area contributed by atoms with Gasteiger partial charge < -0.3 is 10.1 Å². The fourth-order valence-electron chi connectivity index (χ4n) is 2.69. The zero-order valence-electron chi connectivity index (χ0n) is 9.69. The van der Waals surface area contributed by atoms with E-state index in [4.69, 9.17) is 4.74 Å². The average molecular weight is 235 g/mol. The summed E-state index contributed by atoms with van der Waals surface area (Å²) in [6, 6.07) is 7.64. The van der Waals surface area contributed by atoms with Gasteiger partial charge in [0, 0.05) is 23.1 Å². The highest BCUT2D eigenvalue weighted by atomic mass is 32.2. The molecule has 3 rings (SSSR count). The van der Waals surface area contributed by atoms with Crippen LogP contribution in [0.4, 0.5) is 0 Å². The van der Waals surface area contributed by atoms with Gasteiger partial charge in [-0.2, -0.15) is 11.8 Å². The third-order valence-corrected chi connectivity index (χ3v) is 5.06. The molecule has 3 atom stereocenters. The van der Waals surface area contributed by atoms with E-state index in [-0.39, 0.29) is 0 Å². The van der Waals surface area contributed by atoms with Gasteiger partial charge in [0.25, 0.3) is 0 Å². The Labute approximate surface area is 101 Å². The minimum absolute atomic E-state index is 0.527. The lowest BCUT2D eigenvalue weighted by atomic mass is 10.1. The topological polar surface area (TPSA) is 21.3 Å². The van der Waals surface area contributed by atoms with Gasteiger partial charge in [-0.25, -0.2) is 0 Å². The Morgan fingerprint density at radius 3 is 3.12 bits per heavy atom. The van der Waals surface area contributed by atoms with Crippen LogP contribution in [0.15, 0.2) is 18.2 Å². The second-order valence-electron chi connectivity index (χ2n) is 4.69. The normalized spacial score (nSPS) is 32.0. The maximum atomic E-state index is 5.31. The second-order valence-corrected chi connectivity index (χ2v) is 5.96. The van der Waals surface area contributed by atoms with Gasteiger partial charge in [0.05, 0.1) is 7.11 Å². The lowest BCUT2D eigenvalue weighted by Crippen LogP contribution is -2.40. The van der Waals surface area contributed by atoms with Crippen LogP contribution in [-0.2, 0) is 6.42 Å². The van der Waals surface area contributed by atoms with Gasteiger partial charge >= 0.3 is 0 Å². The van der Waals surface area contributed by atoms with Crippen LogP contribution in [0.2, 0.25) is 0 Å². The molecular formula is C13H17NOS. The number of thioether (sulfide) groups is 1. The van der Waals surface area contributed by atoms with Gasteiger partial charge in [-0.05, 0) is 36.6 Å². The van der Waals surface area contributed by atoms with Crippen molar-refractivity contribution in [1.29, 1.82) is 0 Å². The van der Waals surface area contributed by atoms with Crippen molar-refractivity contribution in [3.8, 4) is 5.75 Å². The van der Waals surface area contributed by atoms with E-state index in [9.17, 15) is 0 Å². The van der Waals surface area contributed by atoms with Crippen molar-refractivity contribution < 1.29 is 4.74 Å². The number of hydrogen-bond acceptors (Lipinski definition) is 3. The predicted molar refractivity (Wildman–Crippen MR) is 68.3 cm³/mol. The Bertz CT molecular complexity index is 407. The van der Waals surface area contributed by atoms with Gasteiger partial charge in [0.2, 0.25) is 0 Å². The second kappa shape index (κ2) is 3.97. The van der Waals surface area contributed by atoms with Crippen LogP contribution in [0.5, 0.6) is 5.75 Å². The fraction of sp³-hybridized carbons (Fsp3) is 0.538. The molecular weight excluding hydrogens is 218 g/mol. The van der Waals surface area contributed by atoms with Crippen LogP contribution in [0.3, 0.4) is 0 Å². The third-order valence-electron chi connectivity index (χ3n) is 3.51. The largest absolute Gasteiger partial charge is 0.497 e. The van der Waals surface area contributed by atoms with E-state index in [1.54, 1.807) is 7.11 Å². The molecule has 3 heteroatoms.